The maximum atomic E-state index is 13.0. The standard InChI is InChI=1S/C18H25N5O/c1-17(2)9-18(10-22(3)4)11-23(8-14(17)18)16(24)13-6-5-12-7-19-21-15(12)20-13/h5-7,14H,8-11H2,1-4H3,(H,19,20,21)/t14-,18+/m1/s1. The van der Waals surface area contributed by atoms with Gasteiger partial charge in [-0.3, -0.25) is 9.89 Å². The molecule has 24 heavy (non-hydrogen) atoms. The molecule has 1 saturated carbocycles. The van der Waals surface area contributed by atoms with E-state index in [-0.39, 0.29) is 11.3 Å². The van der Waals surface area contributed by atoms with Gasteiger partial charge in [0.2, 0.25) is 0 Å². The molecular formula is C18H25N5O. The van der Waals surface area contributed by atoms with Crippen LogP contribution in [-0.2, 0) is 0 Å². The number of nitrogens with one attached hydrogen (secondary N) is 1. The molecule has 2 aromatic heterocycles. The van der Waals surface area contributed by atoms with Gasteiger partial charge in [0.25, 0.3) is 5.91 Å². The molecule has 0 spiro atoms. The Morgan fingerprint density at radius 2 is 2.21 bits per heavy atom. The maximum absolute atomic E-state index is 13.0. The number of aromatic amines is 1. The fourth-order valence-electron chi connectivity index (χ4n) is 5.23. The van der Waals surface area contributed by atoms with Crippen molar-refractivity contribution in [2.75, 3.05) is 33.7 Å². The predicted molar refractivity (Wildman–Crippen MR) is 92.7 cm³/mol. The van der Waals surface area contributed by atoms with Crippen molar-refractivity contribution in [3.63, 3.8) is 0 Å². The monoisotopic (exact) mass is 327 g/mol. The van der Waals surface area contributed by atoms with E-state index in [1.165, 1.54) is 6.42 Å². The van der Waals surface area contributed by atoms with E-state index in [9.17, 15) is 4.79 Å². The molecule has 1 aliphatic carbocycles. The van der Waals surface area contributed by atoms with E-state index in [0.29, 0.717) is 22.7 Å². The number of carbonyl (C=O) groups excluding carboxylic acids is 1. The predicted octanol–water partition coefficient (Wildman–Crippen LogP) is 2.01. The van der Waals surface area contributed by atoms with Crippen molar-refractivity contribution >= 4 is 16.9 Å². The molecule has 1 amide bonds. The lowest BCUT2D eigenvalue weighted by molar-refractivity contribution is -0.0789. The van der Waals surface area contributed by atoms with Gasteiger partial charge in [-0.15, -0.1) is 0 Å². The molecule has 4 rings (SSSR count). The average molecular weight is 327 g/mol. The summed E-state index contributed by atoms with van der Waals surface area (Å²) in [7, 11) is 4.24. The van der Waals surface area contributed by atoms with Gasteiger partial charge in [-0.25, -0.2) is 4.98 Å². The lowest BCUT2D eigenvalue weighted by Crippen LogP contribution is -2.57. The third-order valence-corrected chi connectivity index (χ3v) is 5.84. The minimum Gasteiger partial charge on any atom is -0.336 e. The van der Waals surface area contributed by atoms with Crippen LogP contribution in [0.25, 0.3) is 11.0 Å². The first-order valence-corrected chi connectivity index (χ1v) is 8.55. The second-order valence-electron chi connectivity index (χ2n) is 8.51. The molecule has 2 atom stereocenters. The zero-order chi connectivity index (χ0) is 17.1. The van der Waals surface area contributed by atoms with Crippen molar-refractivity contribution in [2.24, 2.45) is 16.7 Å². The molecule has 2 aliphatic rings. The Hall–Kier alpha value is -1.95. The Labute approximate surface area is 142 Å². The Kier molecular flexibility index (Phi) is 3.26. The van der Waals surface area contributed by atoms with Gasteiger partial charge in [0.1, 0.15) is 5.69 Å². The van der Waals surface area contributed by atoms with Gasteiger partial charge >= 0.3 is 0 Å². The number of carbonyl (C=O) groups is 1. The molecule has 2 aromatic rings. The summed E-state index contributed by atoms with van der Waals surface area (Å²) in [6.45, 7) is 7.37. The molecule has 128 valence electrons. The molecular weight excluding hydrogens is 302 g/mol. The summed E-state index contributed by atoms with van der Waals surface area (Å²) in [5.74, 6) is 0.599. The number of fused-ring (bicyclic) bond motifs is 2. The Morgan fingerprint density at radius 3 is 2.92 bits per heavy atom. The second kappa shape index (κ2) is 5.02. The number of H-pyrrole nitrogens is 1. The summed E-state index contributed by atoms with van der Waals surface area (Å²) >= 11 is 0. The SMILES string of the molecule is CN(C)C[C@@]12CN(C(=O)c3ccc4cn[nH]c4n3)C[C@@H]1C(C)(C)C2. The van der Waals surface area contributed by atoms with Crippen LogP contribution in [-0.4, -0.2) is 64.6 Å². The van der Waals surface area contributed by atoms with Crippen LogP contribution in [0, 0.1) is 16.7 Å². The Morgan fingerprint density at radius 1 is 1.42 bits per heavy atom. The topological polar surface area (TPSA) is 65.1 Å². The summed E-state index contributed by atoms with van der Waals surface area (Å²) in [6, 6.07) is 3.72. The lowest BCUT2D eigenvalue weighted by atomic mass is 9.48. The van der Waals surface area contributed by atoms with Gasteiger partial charge in [0.05, 0.1) is 6.20 Å². The summed E-state index contributed by atoms with van der Waals surface area (Å²) < 4.78 is 0. The molecule has 0 radical (unpaired) electrons. The molecule has 3 heterocycles. The van der Waals surface area contributed by atoms with Crippen LogP contribution in [0.2, 0.25) is 0 Å². The number of amides is 1. The van der Waals surface area contributed by atoms with E-state index in [1.54, 1.807) is 6.20 Å². The average Bonchev–Trinajstić information content (AvgIpc) is 3.07. The largest absolute Gasteiger partial charge is 0.336 e. The van der Waals surface area contributed by atoms with Crippen molar-refractivity contribution < 1.29 is 4.79 Å². The van der Waals surface area contributed by atoms with Gasteiger partial charge in [-0.1, -0.05) is 13.8 Å². The summed E-state index contributed by atoms with van der Waals surface area (Å²) in [5.41, 5.74) is 1.73. The van der Waals surface area contributed by atoms with Gasteiger partial charge in [-0.2, -0.15) is 5.10 Å². The van der Waals surface area contributed by atoms with Crippen molar-refractivity contribution in [1.82, 2.24) is 25.0 Å². The highest BCUT2D eigenvalue weighted by Gasteiger charge is 2.63. The number of likely N-dealkylation sites (tertiary alicyclic amines) is 1. The van der Waals surface area contributed by atoms with E-state index < -0.39 is 0 Å². The third-order valence-electron chi connectivity index (χ3n) is 5.84. The zero-order valence-corrected chi connectivity index (χ0v) is 14.8. The van der Waals surface area contributed by atoms with Crippen molar-refractivity contribution in [3.8, 4) is 0 Å². The van der Waals surface area contributed by atoms with Crippen LogP contribution in [0.4, 0.5) is 0 Å². The van der Waals surface area contributed by atoms with E-state index >= 15 is 0 Å². The lowest BCUT2D eigenvalue weighted by Gasteiger charge is -2.57. The minimum atomic E-state index is 0.0369. The van der Waals surface area contributed by atoms with E-state index in [0.717, 1.165) is 25.0 Å². The van der Waals surface area contributed by atoms with Gasteiger partial charge < -0.3 is 9.80 Å². The van der Waals surface area contributed by atoms with E-state index in [2.05, 4.69) is 48.0 Å². The number of rotatable bonds is 3. The number of pyridine rings is 1. The summed E-state index contributed by atoms with van der Waals surface area (Å²) in [6.07, 6.45) is 2.90. The smallest absolute Gasteiger partial charge is 0.272 e. The molecule has 2 fully saturated rings. The molecule has 1 N–H and O–H groups in total. The van der Waals surface area contributed by atoms with Crippen LogP contribution in [0.1, 0.15) is 30.8 Å². The number of nitrogens with zero attached hydrogens (tertiary/aromatic N) is 4. The maximum Gasteiger partial charge on any atom is 0.272 e. The first kappa shape index (κ1) is 15.6. The van der Waals surface area contributed by atoms with Gasteiger partial charge in [-0.05, 0) is 44.0 Å². The molecule has 1 aliphatic heterocycles. The first-order valence-electron chi connectivity index (χ1n) is 8.55. The summed E-state index contributed by atoms with van der Waals surface area (Å²) in [5, 5.41) is 7.75. The first-order chi connectivity index (χ1) is 11.3. The number of hydrogen-bond acceptors (Lipinski definition) is 4. The molecule has 1 saturated heterocycles. The molecule has 0 bridgehead atoms. The molecule has 6 nitrogen and oxygen atoms in total. The van der Waals surface area contributed by atoms with Gasteiger partial charge in [0, 0.05) is 30.4 Å². The number of aromatic nitrogens is 3. The third kappa shape index (κ3) is 2.24. The quantitative estimate of drug-likeness (QED) is 0.936. The highest BCUT2D eigenvalue weighted by atomic mass is 16.2. The molecule has 0 aromatic carbocycles. The van der Waals surface area contributed by atoms with Crippen molar-refractivity contribution in [3.05, 3.63) is 24.0 Å². The minimum absolute atomic E-state index is 0.0369. The normalized spacial score (nSPS) is 28.2. The number of hydrogen-bond donors (Lipinski definition) is 1. The van der Waals surface area contributed by atoms with E-state index in [1.807, 2.05) is 17.0 Å². The fraction of sp³-hybridized carbons (Fsp3) is 0.611. The van der Waals surface area contributed by atoms with Crippen LogP contribution in [0.5, 0.6) is 0 Å². The molecule has 6 heteroatoms. The fourth-order valence-corrected chi connectivity index (χ4v) is 5.23. The highest BCUT2D eigenvalue weighted by Crippen LogP contribution is 2.62. The van der Waals surface area contributed by atoms with E-state index in [4.69, 9.17) is 0 Å². The second-order valence-corrected chi connectivity index (χ2v) is 8.51. The van der Waals surface area contributed by atoms with Crippen LogP contribution < -0.4 is 0 Å². The Bertz CT molecular complexity index is 792. The summed E-state index contributed by atoms with van der Waals surface area (Å²) in [4.78, 5) is 21.7. The Balaban J connectivity index is 1.59. The van der Waals surface area contributed by atoms with Crippen LogP contribution in [0.3, 0.4) is 0 Å². The molecule has 0 unspecified atom stereocenters. The van der Waals surface area contributed by atoms with Crippen LogP contribution >= 0.6 is 0 Å². The van der Waals surface area contributed by atoms with Gasteiger partial charge in [0.15, 0.2) is 5.65 Å². The highest BCUT2D eigenvalue weighted by molar-refractivity contribution is 5.94. The van der Waals surface area contributed by atoms with Crippen molar-refractivity contribution in [2.45, 2.75) is 20.3 Å². The van der Waals surface area contributed by atoms with Crippen molar-refractivity contribution in [1.29, 1.82) is 0 Å². The zero-order valence-electron chi connectivity index (χ0n) is 14.8. The van der Waals surface area contributed by atoms with Crippen LogP contribution in [0.15, 0.2) is 18.3 Å².